The average Bonchev–Trinajstić information content (AvgIpc) is 2.20. The van der Waals surface area contributed by atoms with Gasteiger partial charge in [-0.1, -0.05) is 6.92 Å². The molecule has 1 aromatic rings. The Balaban J connectivity index is 2.80. The number of aromatic nitrogens is 1. The van der Waals surface area contributed by atoms with Crippen LogP contribution in [0, 0.1) is 0 Å². The van der Waals surface area contributed by atoms with Crippen LogP contribution in [0.25, 0.3) is 0 Å². The van der Waals surface area contributed by atoms with Gasteiger partial charge in [-0.2, -0.15) is 0 Å². The Bertz CT molecular complexity index is 361. The molecule has 0 unspecified atom stereocenters. The summed E-state index contributed by atoms with van der Waals surface area (Å²) in [6.45, 7) is 10.0. The van der Waals surface area contributed by atoms with E-state index in [1.165, 1.54) is 0 Å². The van der Waals surface area contributed by atoms with Crippen LogP contribution in [0.1, 0.15) is 39.7 Å². The van der Waals surface area contributed by atoms with Crippen LogP contribution >= 0.6 is 15.9 Å². The highest BCUT2D eigenvalue weighted by atomic mass is 79.9. The van der Waals surface area contributed by atoms with E-state index in [1.54, 1.807) is 6.20 Å². The minimum Gasteiger partial charge on any atom is -0.472 e. The quantitative estimate of drug-likeness (QED) is 0.845. The Labute approximate surface area is 112 Å². The highest BCUT2D eigenvalue weighted by molar-refractivity contribution is 9.10. The number of rotatable bonds is 5. The fourth-order valence-electron chi connectivity index (χ4n) is 1.38. The predicted octanol–water partition coefficient (Wildman–Crippen LogP) is 3.52. The molecule has 1 rings (SSSR count). The maximum atomic E-state index is 5.85. The van der Waals surface area contributed by atoms with E-state index in [0.717, 1.165) is 29.5 Å². The van der Waals surface area contributed by atoms with Crippen molar-refractivity contribution in [3.05, 3.63) is 22.3 Å². The van der Waals surface area contributed by atoms with Crippen molar-refractivity contribution in [1.29, 1.82) is 0 Å². The third-order valence-electron chi connectivity index (χ3n) is 2.04. The van der Waals surface area contributed by atoms with Gasteiger partial charge in [0.2, 0.25) is 5.88 Å². The first-order chi connectivity index (χ1) is 7.92. The van der Waals surface area contributed by atoms with Gasteiger partial charge in [0.05, 0.1) is 0 Å². The third-order valence-corrected chi connectivity index (χ3v) is 2.47. The van der Waals surface area contributed by atoms with E-state index < -0.39 is 0 Å². The van der Waals surface area contributed by atoms with E-state index in [1.807, 2.05) is 20.8 Å². The molecule has 3 nitrogen and oxygen atoms in total. The van der Waals surface area contributed by atoms with Gasteiger partial charge in [0.25, 0.3) is 0 Å². The topological polar surface area (TPSA) is 34.2 Å². The molecule has 1 N–H and O–H groups in total. The van der Waals surface area contributed by atoms with Crippen LogP contribution in [-0.4, -0.2) is 17.1 Å². The summed E-state index contributed by atoms with van der Waals surface area (Å²) >= 11 is 3.44. The van der Waals surface area contributed by atoms with E-state index in [-0.39, 0.29) is 5.60 Å². The fourth-order valence-corrected chi connectivity index (χ4v) is 1.76. The predicted molar refractivity (Wildman–Crippen MR) is 74.3 cm³/mol. The largest absolute Gasteiger partial charge is 0.472 e. The van der Waals surface area contributed by atoms with Crippen molar-refractivity contribution in [3.8, 4) is 5.88 Å². The second-order valence-electron chi connectivity index (χ2n) is 5.01. The molecule has 0 spiro atoms. The lowest BCUT2D eigenvalue weighted by Crippen LogP contribution is -2.25. The number of nitrogens with zero attached hydrogens (tertiary/aromatic N) is 1. The van der Waals surface area contributed by atoms with E-state index in [2.05, 4.69) is 39.2 Å². The summed E-state index contributed by atoms with van der Waals surface area (Å²) in [6, 6.07) is 2.05. The smallest absolute Gasteiger partial charge is 0.218 e. The average molecular weight is 301 g/mol. The second kappa shape index (κ2) is 6.36. The molecule has 0 aliphatic carbocycles. The van der Waals surface area contributed by atoms with Crippen LogP contribution in [0.15, 0.2) is 16.7 Å². The summed E-state index contributed by atoms with van der Waals surface area (Å²) in [5.74, 6) is 0.712. The standard InChI is InChI=1S/C13H21BrN2O/c1-5-6-15-8-10-7-11(14)9-16-12(10)17-13(2,3)4/h7,9,15H,5-6,8H2,1-4H3. The van der Waals surface area contributed by atoms with Crippen LogP contribution in [-0.2, 0) is 6.54 Å². The first-order valence-corrected chi connectivity index (χ1v) is 6.76. The molecule has 0 aromatic carbocycles. The summed E-state index contributed by atoms with van der Waals surface area (Å²) in [4.78, 5) is 4.33. The van der Waals surface area contributed by atoms with Gasteiger partial charge in [0.1, 0.15) is 5.60 Å². The number of hydrogen-bond acceptors (Lipinski definition) is 3. The Hall–Kier alpha value is -0.610. The van der Waals surface area contributed by atoms with Crippen LogP contribution in [0.2, 0.25) is 0 Å². The van der Waals surface area contributed by atoms with Crippen molar-refractivity contribution in [1.82, 2.24) is 10.3 Å². The molecule has 1 heterocycles. The molecule has 0 atom stereocenters. The van der Waals surface area contributed by atoms with Crippen LogP contribution < -0.4 is 10.1 Å². The van der Waals surface area contributed by atoms with Crippen LogP contribution in [0.3, 0.4) is 0 Å². The summed E-state index contributed by atoms with van der Waals surface area (Å²) < 4.78 is 6.83. The van der Waals surface area contributed by atoms with Gasteiger partial charge < -0.3 is 10.1 Å². The molecule has 0 amide bonds. The van der Waals surface area contributed by atoms with Crippen molar-refractivity contribution in [2.24, 2.45) is 0 Å². The highest BCUT2D eigenvalue weighted by Gasteiger charge is 2.15. The fraction of sp³-hybridized carbons (Fsp3) is 0.615. The van der Waals surface area contributed by atoms with Gasteiger partial charge in [-0.15, -0.1) is 0 Å². The number of nitrogens with one attached hydrogen (secondary N) is 1. The lowest BCUT2D eigenvalue weighted by atomic mass is 10.2. The highest BCUT2D eigenvalue weighted by Crippen LogP contribution is 2.23. The van der Waals surface area contributed by atoms with Crippen molar-refractivity contribution in [2.45, 2.75) is 46.3 Å². The number of ether oxygens (including phenoxy) is 1. The molecular formula is C13H21BrN2O. The number of halogens is 1. The van der Waals surface area contributed by atoms with Crippen LogP contribution in [0.4, 0.5) is 0 Å². The van der Waals surface area contributed by atoms with Gasteiger partial charge in [-0.25, -0.2) is 4.98 Å². The number of hydrogen-bond donors (Lipinski definition) is 1. The SMILES string of the molecule is CCCNCc1cc(Br)cnc1OC(C)(C)C. The second-order valence-corrected chi connectivity index (χ2v) is 5.92. The molecule has 0 radical (unpaired) electrons. The lowest BCUT2D eigenvalue weighted by molar-refractivity contribution is 0.122. The Morgan fingerprint density at radius 2 is 2.12 bits per heavy atom. The molecule has 0 aliphatic rings. The third kappa shape index (κ3) is 5.50. The van der Waals surface area contributed by atoms with Gasteiger partial charge >= 0.3 is 0 Å². The van der Waals surface area contributed by atoms with Gasteiger partial charge in [0, 0.05) is 22.8 Å². The minimum absolute atomic E-state index is 0.222. The van der Waals surface area contributed by atoms with Gasteiger partial charge in [0.15, 0.2) is 0 Å². The van der Waals surface area contributed by atoms with Crippen molar-refractivity contribution in [2.75, 3.05) is 6.54 Å². The molecule has 0 saturated heterocycles. The molecule has 4 heteroatoms. The zero-order valence-corrected chi connectivity index (χ0v) is 12.6. The number of pyridine rings is 1. The minimum atomic E-state index is -0.222. The molecule has 0 fully saturated rings. The van der Waals surface area contributed by atoms with Crippen molar-refractivity contribution < 1.29 is 4.74 Å². The maximum Gasteiger partial charge on any atom is 0.218 e. The molecule has 0 aliphatic heterocycles. The maximum absolute atomic E-state index is 5.85. The Kier molecular flexibility index (Phi) is 5.40. The zero-order chi connectivity index (χ0) is 12.9. The summed E-state index contributed by atoms with van der Waals surface area (Å²) in [5, 5.41) is 3.36. The molecule has 0 saturated carbocycles. The summed E-state index contributed by atoms with van der Waals surface area (Å²) in [5.41, 5.74) is 0.864. The van der Waals surface area contributed by atoms with E-state index >= 15 is 0 Å². The lowest BCUT2D eigenvalue weighted by Gasteiger charge is -2.22. The zero-order valence-electron chi connectivity index (χ0n) is 11.0. The molecular weight excluding hydrogens is 280 g/mol. The van der Waals surface area contributed by atoms with Crippen molar-refractivity contribution >= 4 is 15.9 Å². The summed E-state index contributed by atoms with van der Waals surface area (Å²) in [7, 11) is 0. The van der Waals surface area contributed by atoms with Crippen molar-refractivity contribution in [3.63, 3.8) is 0 Å². The Morgan fingerprint density at radius 3 is 2.71 bits per heavy atom. The monoisotopic (exact) mass is 300 g/mol. The van der Waals surface area contributed by atoms with Crippen LogP contribution in [0.5, 0.6) is 5.88 Å². The first-order valence-electron chi connectivity index (χ1n) is 5.96. The molecule has 0 bridgehead atoms. The van der Waals surface area contributed by atoms with Gasteiger partial charge in [-0.05, 0) is 55.7 Å². The van der Waals surface area contributed by atoms with Gasteiger partial charge in [-0.3, -0.25) is 0 Å². The van der Waals surface area contributed by atoms with E-state index in [0.29, 0.717) is 5.88 Å². The first kappa shape index (κ1) is 14.5. The molecule has 17 heavy (non-hydrogen) atoms. The summed E-state index contributed by atoms with van der Waals surface area (Å²) in [6.07, 6.45) is 2.89. The molecule has 96 valence electrons. The van der Waals surface area contributed by atoms with E-state index in [9.17, 15) is 0 Å². The normalized spacial score (nSPS) is 11.6. The van der Waals surface area contributed by atoms with E-state index in [4.69, 9.17) is 4.74 Å². The Morgan fingerprint density at radius 1 is 1.41 bits per heavy atom. The molecule has 1 aromatic heterocycles.